The molecule has 112 valence electrons. The van der Waals surface area contributed by atoms with Crippen LogP contribution in [-0.4, -0.2) is 25.8 Å². The van der Waals surface area contributed by atoms with Gasteiger partial charge in [0.25, 0.3) is 0 Å². The Balaban J connectivity index is 0.00000200. The maximum Gasteiger partial charge on any atom is 0.228 e. The van der Waals surface area contributed by atoms with Gasteiger partial charge in [-0.15, -0.1) is 12.4 Å². The Morgan fingerprint density at radius 2 is 1.95 bits per heavy atom. The minimum atomic E-state index is -3.03. The number of hydrogen-bond acceptors (Lipinski definition) is 4. The summed E-state index contributed by atoms with van der Waals surface area (Å²) in [5, 5.41) is 2.74. The van der Waals surface area contributed by atoms with Gasteiger partial charge in [-0.2, -0.15) is 0 Å². The van der Waals surface area contributed by atoms with E-state index in [1.807, 2.05) is 19.1 Å². The van der Waals surface area contributed by atoms with Crippen molar-refractivity contribution in [3.05, 3.63) is 29.8 Å². The SMILES string of the molecule is CC(N)c1ccc(NC(=O)C2CCS(=O)(=O)C2)cc1.Cl. The molecular weight excluding hydrogens is 300 g/mol. The summed E-state index contributed by atoms with van der Waals surface area (Å²) in [7, 11) is -3.03. The van der Waals surface area contributed by atoms with E-state index in [9.17, 15) is 13.2 Å². The number of amides is 1. The molecular formula is C13H19ClN2O3S. The van der Waals surface area contributed by atoms with Crippen molar-refractivity contribution < 1.29 is 13.2 Å². The molecule has 7 heteroatoms. The van der Waals surface area contributed by atoms with Crippen LogP contribution in [0.1, 0.15) is 24.9 Å². The average molecular weight is 319 g/mol. The second-order valence-corrected chi connectivity index (χ2v) is 7.23. The van der Waals surface area contributed by atoms with Crippen LogP contribution in [0.4, 0.5) is 5.69 Å². The van der Waals surface area contributed by atoms with E-state index in [2.05, 4.69) is 5.32 Å². The maximum atomic E-state index is 11.9. The number of sulfone groups is 1. The first kappa shape index (κ1) is 16.9. The van der Waals surface area contributed by atoms with E-state index in [0.717, 1.165) is 5.56 Å². The summed E-state index contributed by atoms with van der Waals surface area (Å²) in [6.07, 6.45) is 0.409. The summed E-state index contributed by atoms with van der Waals surface area (Å²) in [5.74, 6) is -0.599. The van der Waals surface area contributed by atoms with Gasteiger partial charge < -0.3 is 11.1 Å². The van der Waals surface area contributed by atoms with Crippen molar-refractivity contribution >= 4 is 33.8 Å². The fourth-order valence-corrected chi connectivity index (χ4v) is 3.86. The molecule has 0 bridgehead atoms. The third-order valence-corrected chi connectivity index (χ3v) is 5.08. The monoisotopic (exact) mass is 318 g/mol. The second kappa shape index (κ2) is 6.56. The van der Waals surface area contributed by atoms with E-state index in [1.165, 1.54) is 0 Å². The number of nitrogens with two attached hydrogens (primary N) is 1. The fraction of sp³-hybridized carbons (Fsp3) is 0.462. The van der Waals surface area contributed by atoms with Crippen LogP contribution in [0.2, 0.25) is 0 Å². The molecule has 1 saturated heterocycles. The molecule has 20 heavy (non-hydrogen) atoms. The molecule has 2 rings (SSSR count). The predicted molar refractivity (Wildman–Crippen MR) is 81.7 cm³/mol. The van der Waals surface area contributed by atoms with Gasteiger partial charge in [0.1, 0.15) is 0 Å². The lowest BCUT2D eigenvalue weighted by molar-refractivity contribution is -0.119. The zero-order valence-electron chi connectivity index (χ0n) is 11.2. The smallest absolute Gasteiger partial charge is 0.228 e. The van der Waals surface area contributed by atoms with Crippen LogP contribution in [-0.2, 0) is 14.6 Å². The molecule has 0 aliphatic carbocycles. The van der Waals surface area contributed by atoms with Crippen LogP contribution < -0.4 is 11.1 Å². The van der Waals surface area contributed by atoms with Crippen LogP contribution >= 0.6 is 12.4 Å². The van der Waals surface area contributed by atoms with Crippen LogP contribution in [0.5, 0.6) is 0 Å². The lowest BCUT2D eigenvalue weighted by atomic mass is 10.1. The molecule has 2 unspecified atom stereocenters. The van der Waals surface area contributed by atoms with Gasteiger partial charge in [-0.1, -0.05) is 12.1 Å². The molecule has 1 aromatic rings. The van der Waals surface area contributed by atoms with Gasteiger partial charge in [0.15, 0.2) is 9.84 Å². The van der Waals surface area contributed by atoms with Crippen molar-refractivity contribution in [2.75, 3.05) is 16.8 Å². The molecule has 0 radical (unpaired) electrons. The van der Waals surface area contributed by atoms with Crippen molar-refractivity contribution in [2.24, 2.45) is 11.7 Å². The lowest BCUT2D eigenvalue weighted by Crippen LogP contribution is -2.23. The minimum Gasteiger partial charge on any atom is -0.326 e. The van der Waals surface area contributed by atoms with Crippen molar-refractivity contribution in [1.29, 1.82) is 0 Å². The number of carbonyl (C=O) groups is 1. The van der Waals surface area contributed by atoms with Gasteiger partial charge in [-0.05, 0) is 31.0 Å². The molecule has 1 aromatic carbocycles. The summed E-state index contributed by atoms with van der Waals surface area (Å²) in [6, 6.07) is 7.21. The van der Waals surface area contributed by atoms with Crippen molar-refractivity contribution in [3.8, 4) is 0 Å². The van der Waals surface area contributed by atoms with Crippen LogP contribution in [0, 0.1) is 5.92 Å². The number of carbonyl (C=O) groups excluding carboxylic acids is 1. The molecule has 1 heterocycles. The molecule has 5 nitrogen and oxygen atoms in total. The topological polar surface area (TPSA) is 89.3 Å². The van der Waals surface area contributed by atoms with Crippen molar-refractivity contribution in [1.82, 2.24) is 0 Å². The average Bonchev–Trinajstić information content (AvgIpc) is 2.70. The molecule has 1 fully saturated rings. The van der Waals surface area contributed by atoms with Gasteiger partial charge in [0, 0.05) is 11.7 Å². The number of anilines is 1. The van der Waals surface area contributed by atoms with E-state index >= 15 is 0 Å². The minimum absolute atomic E-state index is 0. The van der Waals surface area contributed by atoms with Crippen LogP contribution in [0.25, 0.3) is 0 Å². The van der Waals surface area contributed by atoms with E-state index in [1.54, 1.807) is 12.1 Å². The molecule has 1 aliphatic rings. The van der Waals surface area contributed by atoms with E-state index in [4.69, 9.17) is 5.73 Å². The number of hydrogen-bond donors (Lipinski definition) is 2. The second-order valence-electron chi connectivity index (χ2n) is 5.00. The molecule has 0 saturated carbocycles. The highest BCUT2D eigenvalue weighted by Gasteiger charge is 2.32. The van der Waals surface area contributed by atoms with Gasteiger partial charge in [-0.3, -0.25) is 4.79 Å². The van der Waals surface area contributed by atoms with Crippen LogP contribution in [0.3, 0.4) is 0 Å². The first-order valence-electron chi connectivity index (χ1n) is 6.24. The first-order valence-corrected chi connectivity index (χ1v) is 8.06. The number of nitrogens with one attached hydrogen (secondary N) is 1. The van der Waals surface area contributed by atoms with Crippen LogP contribution in [0.15, 0.2) is 24.3 Å². The Kier molecular flexibility index (Phi) is 5.56. The zero-order chi connectivity index (χ0) is 14.0. The molecule has 1 aliphatic heterocycles. The predicted octanol–water partition coefficient (Wildman–Crippen LogP) is 1.50. The molecule has 3 N–H and O–H groups in total. The summed E-state index contributed by atoms with van der Waals surface area (Å²) in [4.78, 5) is 11.9. The summed E-state index contributed by atoms with van der Waals surface area (Å²) in [5.41, 5.74) is 7.39. The zero-order valence-corrected chi connectivity index (χ0v) is 12.8. The maximum absolute atomic E-state index is 11.9. The standard InChI is InChI=1S/C13H18N2O3S.ClH/c1-9(14)10-2-4-12(5-3-10)15-13(16)11-6-7-19(17,18)8-11;/h2-5,9,11H,6-8,14H2,1H3,(H,15,16);1H. The fourth-order valence-electron chi connectivity index (χ4n) is 2.12. The van der Waals surface area contributed by atoms with Gasteiger partial charge >= 0.3 is 0 Å². The highest BCUT2D eigenvalue weighted by atomic mass is 35.5. The largest absolute Gasteiger partial charge is 0.326 e. The summed E-state index contributed by atoms with van der Waals surface area (Å²) >= 11 is 0. The lowest BCUT2D eigenvalue weighted by Gasteiger charge is -2.11. The third-order valence-electron chi connectivity index (χ3n) is 3.31. The van der Waals surface area contributed by atoms with Crippen molar-refractivity contribution in [2.45, 2.75) is 19.4 Å². The summed E-state index contributed by atoms with van der Waals surface area (Å²) < 4.78 is 22.6. The molecule has 0 aromatic heterocycles. The molecule has 2 atom stereocenters. The first-order chi connectivity index (χ1) is 8.87. The Hall–Kier alpha value is -1.11. The summed E-state index contributed by atoms with van der Waals surface area (Å²) in [6.45, 7) is 1.89. The number of rotatable bonds is 3. The van der Waals surface area contributed by atoms with E-state index in [0.29, 0.717) is 12.1 Å². The van der Waals surface area contributed by atoms with Gasteiger partial charge in [-0.25, -0.2) is 8.42 Å². The normalized spacial score (nSPS) is 21.8. The number of benzene rings is 1. The number of halogens is 1. The third kappa shape index (κ3) is 4.19. The van der Waals surface area contributed by atoms with Crippen molar-refractivity contribution in [3.63, 3.8) is 0 Å². The Bertz CT molecular complexity index is 570. The molecule has 1 amide bonds. The van der Waals surface area contributed by atoms with E-state index in [-0.39, 0.29) is 35.9 Å². The van der Waals surface area contributed by atoms with Gasteiger partial charge in [0.2, 0.25) is 5.91 Å². The van der Waals surface area contributed by atoms with E-state index < -0.39 is 15.8 Å². The Labute approximate surface area is 125 Å². The Morgan fingerprint density at radius 1 is 1.35 bits per heavy atom. The van der Waals surface area contributed by atoms with Gasteiger partial charge in [0.05, 0.1) is 17.4 Å². The highest BCUT2D eigenvalue weighted by molar-refractivity contribution is 7.91. The molecule has 0 spiro atoms. The highest BCUT2D eigenvalue weighted by Crippen LogP contribution is 2.21. The Morgan fingerprint density at radius 3 is 2.40 bits per heavy atom. The quantitative estimate of drug-likeness (QED) is 0.884.